The van der Waals surface area contributed by atoms with E-state index < -0.39 is 0 Å². The van der Waals surface area contributed by atoms with Gasteiger partial charge in [-0.05, 0) is 55.5 Å². The molecule has 2 amide bonds. The molecule has 0 radical (unpaired) electrons. The van der Waals surface area contributed by atoms with Crippen LogP contribution in [0.15, 0.2) is 29.9 Å². The molecule has 6 nitrogen and oxygen atoms in total. The predicted molar refractivity (Wildman–Crippen MR) is 104 cm³/mol. The van der Waals surface area contributed by atoms with E-state index in [1.165, 1.54) is 24.2 Å². The minimum absolute atomic E-state index is 0.0334. The lowest BCUT2D eigenvalue weighted by molar-refractivity contribution is -0.126. The van der Waals surface area contributed by atoms with Crippen LogP contribution in [0.4, 0.5) is 0 Å². The van der Waals surface area contributed by atoms with E-state index in [9.17, 15) is 9.59 Å². The summed E-state index contributed by atoms with van der Waals surface area (Å²) in [5, 5.41) is 4.89. The number of likely N-dealkylation sites (tertiary alicyclic amines) is 1. The minimum atomic E-state index is -0.373. The molecule has 4 rings (SSSR count). The van der Waals surface area contributed by atoms with E-state index in [1.54, 1.807) is 4.90 Å². The zero-order valence-corrected chi connectivity index (χ0v) is 16.1. The summed E-state index contributed by atoms with van der Waals surface area (Å²) in [7, 11) is 0. The summed E-state index contributed by atoms with van der Waals surface area (Å²) >= 11 is 1.42. The van der Waals surface area contributed by atoms with Crippen LogP contribution in [-0.4, -0.2) is 45.8 Å². The molecule has 27 heavy (non-hydrogen) atoms. The normalized spacial score (nSPS) is 19.7. The van der Waals surface area contributed by atoms with Gasteiger partial charge in [0.2, 0.25) is 5.91 Å². The van der Waals surface area contributed by atoms with Crippen molar-refractivity contribution in [3.8, 4) is 0 Å². The van der Waals surface area contributed by atoms with Gasteiger partial charge in [-0.3, -0.25) is 9.59 Å². The highest BCUT2D eigenvalue weighted by Crippen LogP contribution is 2.37. The summed E-state index contributed by atoms with van der Waals surface area (Å²) in [6.45, 7) is 1.17. The Hall–Kier alpha value is -2.28. The second-order valence-corrected chi connectivity index (χ2v) is 8.20. The molecule has 0 bridgehead atoms. The highest BCUT2D eigenvalue weighted by Gasteiger charge is 2.32. The monoisotopic (exact) mass is 384 g/mol. The smallest absolute Gasteiger partial charge is 0.264 e. The van der Waals surface area contributed by atoms with Gasteiger partial charge in [0.1, 0.15) is 11.9 Å². The third-order valence-corrected chi connectivity index (χ3v) is 6.04. The molecule has 1 atom stereocenters. The predicted octanol–water partition coefficient (Wildman–Crippen LogP) is 2.77. The van der Waals surface area contributed by atoms with Gasteiger partial charge in [0.15, 0.2) is 0 Å². The first-order valence-electron chi connectivity index (χ1n) is 9.65. The number of hydrogen-bond donors (Lipinski definition) is 1. The number of carbonyl (C=O) groups is 2. The van der Waals surface area contributed by atoms with E-state index in [0.29, 0.717) is 30.3 Å². The number of hydrogen-bond acceptors (Lipinski definition) is 5. The van der Waals surface area contributed by atoms with Crippen LogP contribution >= 0.6 is 11.3 Å². The topological polar surface area (TPSA) is 75.2 Å². The minimum Gasteiger partial charge on any atom is -0.354 e. The van der Waals surface area contributed by atoms with Gasteiger partial charge < -0.3 is 10.2 Å². The van der Waals surface area contributed by atoms with Crippen molar-refractivity contribution >= 4 is 23.2 Å². The second kappa shape index (κ2) is 8.17. The van der Waals surface area contributed by atoms with Gasteiger partial charge in [0, 0.05) is 31.4 Å². The average molecular weight is 385 g/mol. The Morgan fingerprint density at radius 1 is 1.19 bits per heavy atom. The first-order valence-corrected chi connectivity index (χ1v) is 10.5. The Bertz CT molecular complexity index is 787. The van der Waals surface area contributed by atoms with Gasteiger partial charge in [-0.25, -0.2) is 9.97 Å². The molecule has 142 valence electrons. The van der Waals surface area contributed by atoms with Crippen LogP contribution in [0.5, 0.6) is 0 Å². The molecule has 2 aromatic heterocycles. The Kier molecular flexibility index (Phi) is 5.48. The zero-order valence-electron chi connectivity index (χ0n) is 15.3. The number of nitrogens with one attached hydrogen (secondary N) is 1. The number of aromatic nitrogens is 2. The van der Waals surface area contributed by atoms with Crippen molar-refractivity contribution in [3.05, 3.63) is 46.2 Å². The number of nitrogens with zero attached hydrogens (tertiary/aromatic N) is 3. The van der Waals surface area contributed by atoms with Crippen LogP contribution in [-0.2, 0) is 11.2 Å². The molecule has 1 saturated heterocycles. The van der Waals surface area contributed by atoms with Gasteiger partial charge in [0.25, 0.3) is 5.91 Å². The average Bonchev–Trinajstić information content (AvgIpc) is 3.41. The van der Waals surface area contributed by atoms with E-state index in [4.69, 9.17) is 0 Å². The van der Waals surface area contributed by atoms with Crippen molar-refractivity contribution in [2.24, 2.45) is 0 Å². The molecule has 2 aliphatic rings. The molecule has 1 N–H and O–H groups in total. The lowest BCUT2D eigenvalue weighted by Gasteiger charge is -2.34. The van der Waals surface area contributed by atoms with Crippen LogP contribution in [0.1, 0.15) is 59.1 Å². The molecular formula is C20H24N4O2S. The van der Waals surface area contributed by atoms with Crippen LogP contribution < -0.4 is 5.32 Å². The van der Waals surface area contributed by atoms with Crippen molar-refractivity contribution in [1.29, 1.82) is 0 Å². The van der Waals surface area contributed by atoms with Crippen LogP contribution in [0, 0.1) is 0 Å². The summed E-state index contributed by atoms with van der Waals surface area (Å²) in [6.07, 6.45) is 9.45. The summed E-state index contributed by atoms with van der Waals surface area (Å²) in [4.78, 5) is 36.7. The molecule has 2 aromatic rings. The number of carbonyl (C=O) groups excluding carboxylic acids is 2. The largest absolute Gasteiger partial charge is 0.354 e. The second-order valence-electron chi connectivity index (χ2n) is 7.25. The number of thiophene rings is 1. The SMILES string of the molecule is O=C(NCCc1cnc(C2CC2)nc1)C1CCCCN1C(=O)c1cccs1. The Morgan fingerprint density at radius 3 is 2.70 bits per heavy atom. The van der Waals surface area contributed by atoms with Gasteiger partial charge in [0.05, 0.1) is 4.88 Å². The third-order valence-electron chi connectivity index (χ3n) is 5.18. The lowest BCUT2D eigenvalue weighted by Crippen LogP contribution is -2.52. The molecule has 1 unspecified atom stereocenters. The fourth-order valence-corrected chi connectivity index (χ4v) is 4.16. The fraction of sp³-hybridized carbons (Fsp3) is 0.500. The van der Waals surface area contributed by atoms with Crippen LogP contribution in [0.2, 0.25) is 0 Å². The maximum absolute atomic E-state index is 12.7. The standard InChI is InChI=1S/C20H24N4O2S/c25-19(21-9-8-14-12-22-18(23-13-14)15-6-7-15)16-4-1-2-10-24(16)20(26)17-5-3-11-27-17/h3,5,11-13,15-16H,1-2,4,6-10H2,(H,21,25). The Balaban J connectivity index is 1.31. The van der Waals surface area contributed by atoms with Gasteiger partial charge in [-0.1, -0.05) is 6.07 Å². The van der Waals surface area contributed by atoms with Crippen molar-refractivity contribution in [3.63, 3.8) is 0 Å². The van der Waals surface area contributed by atoms with Crippen molar-refractivity contribution in [1.82, 2.24) is 20.2 Å². The van der Waals surface area contributed by atoms with Crippen LogP contribution in [0.3, 0.4) is 0 Å². The summed E-state index contributed by atoms with van der Waals surface area (Å²) in [6, 6.07) is 3.32. The molecule has 0 spiro atoms. The Morgan fingerprint density at radius 2 is 2.00 bits per heavy atom. The maximum atomic E-state index is 12.7. The lowest BCUT2D eigenvalue weighted by atomic mass is 10.0. The van der Waals surface area contributed by atoms with Crippen molar-refractivity contribution in [2.75, 3.05) is 13.1 Å². The molecule has 1 aliphatic heterocycles. The summed E-state index contributed by atoms with van der Waals surface area (Å²) in [5.41, 5.74) is 1.02. The quantitative estimate of drug-likeness (QED) is 0.831. The van der Waals surface area contributed by atoms with Gasteiger partial charge in [-0.2, -0.15) is 0 Å². The van der Waals surface area contributed by atoms with Crippen molar-refractivity contribution in [2.45, 2.75) is 50.5 Å². The molecule has 3 heterocycles. The summed E-state index contributed by atoms with van der Waals surface area (Å²) < 4.78 is 0. The molecule has 1 aliphatic carbocycles. The Labute approximate surface area is 163 Å². The van der Waals surface area contributed by atoms with Crippen molar-refractivity contribution < 1.29 is 9.59 Å². The molecule has 0 aromatic carbocycles. The number of amides is 2. The van der Waals surface area contributed by atoms with E-state index in [0.717, 1.165) is 30.7 Å². The zero-order chi connectivity index (χ0) is 18.6. The van der Waals surface area contributed by atoms with E-state index >= 15 is 0 Å². The first kappa shape index (κ1) is 18.1. The summed E-state index contributed by atoms with van der Waals surface area (Å²) in [5.74, 6) is 1.40. The first-order chi connectivity index (χ1) is 13.2. The van der Waals surface area contributed by atoms with Gasteiger partial charge in [-0.15, -0.1) is 11.3 Å². The molecule has 7 heteroatoms. The maximum Gasteiger partial charge on any atom is 0.264 e. The van der Waals surface area contributed by atoms with E-state index in [-0.39, 0.29) is 17.9 Å². The highest BCUT2D eigenvalue weighted by molar-refractivity contribution is 7.12. The number of rotatable bonds is 6. The van der Waals surface area contributed by atoms with Gasteiger partial charge >= 0.3 is 0 Å². The number of piperidine rings is 1. The molecule has 1 saturated carbocycles. The molecular weight excluding hydrogens is 360 g/mol. The van der Waals surface area contributed by atoms with Crippen LogP contribution in [0.25, 0.3) is 0 Å². The van der Waals surface area contributed by atoms with E-state index in [2.05, 4.69) is 15.3 Å². The van der Waals surface area contributed by atoms with E-state index in [1.807, 2.05) is 29.9 Å². The molecule has 2 fully saturated rings. The fourth-order valence-electron chi connectivity index (χ4n) is 3.48. The third kappa shape index (κ3) is 4.35. The highest BCUT2D eigenvalue weighted by atomic mass is 32.1.